The number of carbonyl (C=O) groups excluding carboxylic acids is 9. The summed E-state index contributed by atoms with van der Waals surface area (Å²) >= 11 is 0. The van der Waals surface area contributed by atoms with Crippen LogP contribution in [-0.2, 0) is 52.1 Å². The highest BCUT2D eigenvalue weighted by Gasteiger charge is 2.58. The van der Waals surface area contributed by atoms with Gasteiger partial charge in [-0.25, -0.2) is 43.2 Å². The molecule has 10 bridgehead atoms. The van der Waals surface area contributed by atoms with Gasteiger partial charge in [0.05, 0.1) is 38.9 Å². The fraction of sp³-hybridized carbons (Fsp3) is 0.160. The van der Waals surface area contributed by atoms with Gasteiger partial charge in [-0.05, 0) is 48.5 Å². The van der Waals surface area contributed by atoms with E-state index in [1.54, 1.807) is 0 Å². The number of benzene rings is 9. The molecule has 2 saturated heterocycles. The number of phenolic OH excluding ortho intramolecular Hbond substituents is 25. The van der Waals surface area contributed by atoms with E-state index in [2.05, 4.69) is 0 Å². The van der Waals surface area contributed by atoms with Crippen molar-refractivity contribution in [3.63, 3.8) is 0 Å². The van der Waals surface area contributed by atoms with Gasteiger partial charge in [-0.15, -0.1) is 0 Å². The lowest BCUT2D eigenvalue weighted by atomic mass is 9.91. The number of carbonyl (C=O) groups is 9. The molecule has 26 N–H and O–H groups in total. The van der Waals surface area contributed by atoms with Crippen LogP contribution in [0.1, 0.15) is 93.2 Å². The Morgan fingerprint density at radius 1 is 0.276 bits per heavy atom. The van der Waals surface area contributed by atoms with E-state index in [0.29, 0.717) is 36.4 Å². The highest BCUT2D eigenvalue weighted by molar-refractivity contribution is 6.11. The number of esters is 9. The maximum absolute atomic E-state index is 15.9. The molecular formula is C75H52O48. The van der Waals surface area contributed by atoms with Crippen molar-refractivity contribution in [2.75, 3.05) is 13.2 Å². The van der Waals surface area contributed by atoms with Crippen molar-refractivity contribution in [2.24, 2.45) is 0 Å². The number of hydrogen-bond acceptors (Lipinski definition) is 48. The summed E-state index contributed by atoms with van der Waals surface area (Å²) in [6, 6.07) is 3.26. The Morgan fingerprint density at radius 3 is 0.943 bits per heavy atom. The van der Waals surface area contributed by atoms with Crippen molar-refractivity contribution in [3.8, 4) is 189 Å². The molecule has 2 fully saturated rings. The maximum Gasteiger partial charge on any atom is 0.344 e. The summed E-state index contributed by atoms with van der Waals surface area (Å²) in [7, 11) is 0. The summed E-state index contributed by atoms with van der Waals surface area (Å²) in [6.07, 6.45) is -28.9. The van der Waals surface area contributed by atoms with Crippen LogP contribution < -0.4 is 9.47 Å². The first-order valence-electron chi connectivity index (χ1n) is 34.2. The maximum atomic E-state index is 15.9. The van der Waals surface area contributed by atoms with E-state index in [4.69, 9.17) is 61.6 Å². The molecule has 6 heterocycles. The lowest BCUT2D eigenvalue weighted by Gasteiger charge is -2.43. The number of ether oxygens (including phenoxy) is 13. The number of aliphatic hydroxyl groups is 1. The van der Waals surface area contributed by atoms with Crippen molar-refractivity contribution in [1.82, 2.24) is 0 Å². The minimum atomic E-state index is -3.13. The minimum Gasteiger partial charge on any atom is -0.504 e. The van der Waals surface area contributed by atoms with E-state index < -0.39 is 367 Å². The number of rotatable bonds is 6. The average molecular weight is 1720 g/mol. The third-order valence-corrected chi connectivity index (χ3v) is 19.2. The molecule has 9 aromatic carbocycles. The van der Waals surface area contributed by atoms with Crippen LogP contribution in [-0.4, -0.2) is 261 Å². The molecule has 0 aliphatic carbocycles. The Balaban J connectivity index is 1.05. The van der Waals surface area contributed by atoms with Crippen molar-refractivity contribution >= 4 is 53.7 Å². The summed E-state index contributed by atoms with van der Waals surface area (Å²) in [5.74, 6) is -64.6. The monoisotopic (exact) mass is 1720 g/mol. The highest BCUT2D eigenvalue weighted by Crippen LogP contribution is 2.59. The molecule has 6 aliphatic rings. The first-order chi connectivity index (χ1) is 58.0. The van der Waals surface area contributed by atoms with Gasteiger partial charge in [0.15, 0.2) is 158 Å². The van der Waals surface area contributed by atoms with E-state index in [0.717, 1.165) is 0 Å². The molecule has 0 saturated carbocycles. The normalized spacial score (nSPS) is 20.5. The van der Waals surface area contributed by atoms with Gasteiger partial charge < -0.3 is 194 Å². The molecule has 10 atom stereocenters. The Labute approximate surface area is 675 Å². The number of hydrogen-bond donors (Lipinski definition) is 26. The van der Waals surface area contributed by atoms with E-state index in [9.17, 15) is 152 Å². The molecule has 9 aromatic rings. The second-order valence-electron chi connectivity index (χ2n) is 26.7. The zero-order valence-corrected chi connectivity index (χ0v) is 60.2. The third kappa shape index (κ3) is 14.0. The van der Waals surface area contributed by atoms with Gasteiger partial charge in [0.1, 0.15) is 36.5 Å². The predicted octanol–water partition coefficient (Wildman–Crippen LogP) is 3.15. The number of phenols is 25. The Kier molecular flexibility index (Phi) is 20.3. The zero-order valence-electron chi connectivity index (χ0n) is 60.2. The average Bonchev–Trinajstić information content (AvgIpc) is 1.68. The standard InChI is InChI=1S/C75H52O48/c76-24-1-15(2-25(77)42(24)86)65(101)119-61-59-36-13-111-69(105)20-11-34(49(93)53(97)40(20)39-19(70(106)117-59)8-31(83)46(90)52(39)96)113-58-23(10-33(85)48(92)56(58)100)73(109)123-75-64(122-67(103)17-5-28(80)44(88)29(81)6-17)62(120-66(102)16-3-26(78)43(87)27(79)4-16)60-37(116-75)14-112-68(104)18-7-30(82)45(89)51(95)38(18)41-21(71(107)118-60)12-35(50(94)54(41)98)114-57-22(9-32(84)47(91)55(57)99)72(108)121-63(61)74(110)115-36/h1-12,36-37,59-64,74-100,110H,13-14H2/t36-,37-,59-,60-,61+,62+,63-,64-,74?,75+/m1/s1. The first kappa shape index (κ1) is 82.2. The van der Waals surface area contributed by atoms with Gasteiger partial charge in [-0.1, -0.05) is 0 Å². The van der Waals surface area contributed by atoms with E-state index in [1.165, 1.54) is 0 Å². The van der Waals surface area contributed by atoms with Gasteiger partial charge >= 0.3 is 53.7 Å². The van der Waals surface area contributed by atoms with Crippen LogP contribution in [0.5, 0.6) is 167 Å². The van der Waals surface area contributed by atoms with Crippen LogP contribution in [0.2, 0.25) is 0 Å². The molecule has 6 aliphatic heterocycles. The molecular weight excluding hydrogens is 1670 g/mol. The summed E-state index contributed by atoms with van der Waals surface area (Å²) in [5, 5.41) is 291. The molecule has 0 aromatic heterocycles. The van der Waals surface area contributed by atoms with Gasteiger partial charge in [0.25, 0.3) is 0 Å². The SMILES string of the molecule is O=C(O[C@@H]1[C@@H](OC(=O)c2cc(O)c(O)c(O)c2)[C@@H]2OC(=O)c3cc(O)c(O)c(O)c3Oc3cc4c(c(O)c3O)-c3c(cc(O)c(O)c3O)C(=O)O[C@H]3[C@H](OC(=O)c5cc(O)c(O)c(O)c5)[C@@H](OC(=O)c5cc(O)c(O)c(O)c5Oc5cc6c(c(O)c5O)-c5c(cc(O)c(O)c5O)C(=O)OC[C@@H](O2)[C@H]1OC6=O)C(O)O[C@@H]3COC4=O)c1cc(O)c(O)c(O)c1. The Bertz CT molecular complexity index is 6070. The number of aliphatic hydroxyl groups excluding tert-OH is 1. The fourth-order valence-corrected chi connectivity index (χ4v) is 13.2. The summed E-state index contributed by atoms with van der Waals surface area (Å²) in [5.41, 5.74) is -17.8. The second kappa shape index (κ2) is 30.3. The molecule has 640 valence electrons. The van der Waals surface area contributed by atoms with Crippen LogP contribution in [0.3, 0.4) is 0 Å². The van der Waals surface area contributed by atoms with Crippen LogP contribution in [0.4, 0.5) is 0 Å². The largest absolute Gasteiger partial charge is 0.504 e. The van der Waals surface area contributed by atoms with E-state index in [1.807, 2.05) is 0 Å². The van der Waals surface area contributed by atoms with Crippen LogP contribution in [0.15, 0.2) is 72.8 Å². The van der Waals surface area contributed by atoms with Crippen LogP contribution in [0, 0.1) is 0 Å². The second-order valence-corrected chi connectivity index (χ2v) is 26.7. The molecule has 0 radical (unpaired) electrons. The topological polar surface area (TPSA) is 800 Å². The molecule has 48 heteroatoms. The number of aromatic hydroxyl groups is 25. The number of cyclic esters (lactones) is 1. The van der Waals surface area contributed by atoms with Crippen LogP contribution >= 0.6 is 0 Å². The summed E-state index contributed by atoms with van der Waals surface area (Å²) in [4.78, 5) is 136. The first-order valence-corrected chi connectivity index (χ1v) is 34.2. The fourth-order valence-electron chi connectivity index (χ4n) is 13.2. The minimum absolute atomic E-state index is 0.112. The quantitative estimate of drug-likeness (QED) is 0.0646. The van der Waals surface area contributed by atoms with Gasteiger partial charge in [-0.2, -0.15) is 0 Å². The Hall–Kier alpha value is -17.3. The molecule has 15 rings (SSSR count). The van der Waals surface area contributed by atoms with E-state index in [-0.39, 0.29) is 36.4 Å². The lowest BCUT2D eigenvalue weighted by molar-refractivity contribution is -0.284. The van der Waals surface area contributed by atoms with E-state index >= 15 is 24.0 Å². The van der Waals surface area contributed by atoms with Crippen molar-refractivity contribution in [2.45, 2.75) is 61.4 Å². The third-order valence-electron chi connectivity index (χ3n) is 19.2. The van der Waals surface area contributed by atoms with Gasteiger partial charge in [-0.3, -0.25) is 0 Å². The zero-order chi connectivity index (χ0) is 89.3. The van der Waals surface area contributed by atoms with Gasteiger partial charge in [0.2, 0.25) is 58.4 Å². The van der Waals surface area contributed by atoms with Gasteiger partial charge in [0, 0.05) is 46.5 Å². The van der Waals surface area contributed by atoms with Crippen molar-refractivity contribution in [1.29, 1.82) is 0 Å². The van der Waals surface area contributed by atoms with Crippen molar-refractivity contribution < 1.29 is 237 Å². The smallest absolute Gasteiger partial charge is 0.344 e. The molecule has 48 nitrogen and oxygen atoms in total. The van der Waals surface area contributed by atoms with Crippen LogP contribution in [0.25, 0.3) is 22.3 Å². The molecule has 0 spiro atoms. The molecule has 1 unspecified atom stereocenters. The highest BCUT2D eigenvalue weighted by atomic mass is 16.8. The molecule has 0 amide bonds. The Morgan fingerprint density at radius 2 is 0.553 bits per heavy atom. The lowest BCUT2D eigenvalue weighted by Crippen LogP contribution is -2.63. The summed E-state index contributed by atoms with van der Waals surface area (Å²) < 4.78 is 74.3. The molecule has 123 heavy (non-hydrogen) atoms. The number of fused-ring (bicyclic) bond motifs is 8. The predicted molar refractivity (Wildman–Crippen MR) is 378 cm³/mol. The summed E-state index contributed by atoms with van der Waals surface area (Å²) in [6.45, 7) is -3.22. The van der Waals surface area contributed by atoms with Crippen molar-refractivity contribution in [3.05, 3.63) is 123 Å².